The molecule has 5 aromatic heterocycles. The van der Waals surface area contributed by atoms with Crippen molar-refractivity contribution in [1.29, 1.82) is 15.8 Å². The first kappa shape index (κ1) is 39.1. The molecule has 0 radical (unpaired) electrons. The number of hydrogen-bond acceptors (Lipinski definition) is 4. The summed E-state index contributed by atoms with van der Waals surface area (Å²) in [5.41, 5.74) is 10.4. The van der Waals surface area contributed by atoms with Gasteiger partial charge < -0.3 is 18.3 Å². The van der Waals surface area contributed by atoms with Crippen LogP contribution in [0.15, 0.2) is 200 Å². The van der Waals surface area contributed by atoms with E-state index in [1.54, 1.807) is 11.3 Å². The average Bonchev–Trinajstić information content (AvgIpc) is 4.23. The molecule has 0 spiro atoms. The summed E-state index contributed by atoms with van der Waals surface area (Å²) < 4.78 is 11.1. The molecule has 0 N–H and O–H groups in total. The molecule has 326 valence electrons. The van der Waals surface area contributed by atoms with Gasteiger partial charge in [-0.05, 0) is 60.7 Å². The number of nitriles is 3. The van der Waals surface area contributed by atoms with Crippen molar-refractivity contribution in [3.05, 3.63) is 217 Å². The molecule has 0 aliphatic rings. The predicted molar refractivity (Wildman–Crippen MR) is 291 cm³/mol. The molecule has 7 nitrogen and oxygen atoms in total. The van der Waals surface area contributed by atoms with E-state index in [0.29, 0.717) is 39.4 Å². The molecule has 71 heavy (non-hydrogen) atoms. The van der Waals surface area contributed by atoms with Crippen LogP contribution in [0.3, 0.4) is 0 Å². The van der Waals surface area contributed by atoms with Crippen molar-refractivity contribution in [3.8, 4) is 41.0 Å². The Morgan fingerprint density at radius 3 is 1.04 bits per heavy atom. The Morgan fingerprint density at radius 1 is 0.296 bits per heavy atom. The van der Waals surface area contributed by atoms with Gasteiger partial charge in [-0.25, -0.2) is 0 Å². The molecule has 0 saturated carbocycles. The Hall–Kier alpha value is -9.91. The monoisotopic (exact) mass is 919 g/mol. The minimum atomic E-state index is 0.363. The molecule has 15 aromatic rings. The lowest BCUT2D eigenvalue weighted by Crippen LogP contribution is -2.16. The normalized spacial score (nSPS) is 11.9. The number of rotatable bonds is 4. The van der Waals surface area contributed by atoms with Crippen LogP contribution < -0.4 is 0 Å². The third-order valence-electron chi connectivity index (χ3n) is 14.7. The Morgan fingerprint density at radius 2 is 0.648 bits per heavy atom. The van der Waals surface area contributed by atoms with Crippen LogP contribution in [-0.2, 0) is 0 Å². The fraction of sp³-hybridized carbons (Fsp3) is 0. The summed E-state index contributed by atoms with van der Waals surface area (Å²) in [6.07, 6.45) is 0. The van der Waals surface area contributed by atoms with E-state index >= 15 is 0 Å². The van der Waals surface area contributed by atoms with Gasteiger partial charge in [0.15, 0.2) is 0 Å². The van der Waals surface area contributed by atoms with Crippen molar-refractivity contribution in [1.82, 2.24) is 18.3 Å². The molecule has 0 aliphatic heterocycles. The van der Waals surface area contributed by atoms with Gasteiger partial charge in [-0.15, -0.1) is 11.3 Å². The maximum absolute atomic E-state index is 12.6. The van der Waals surface area contributed by atoms with Crippen LogP contribution in [0, 0.1) is 34.0 Å². The van der Waals surface area contributed by atoms with Crippen molar-refractivity contribution in [2.24, 2.45) is 0 Å². The van der Waals surface area contributed by atoms with E-state index in [9.17, 15) is 15.8 Å². The molecule has 0 amide bonds. The van der Waals surface area contributed by atoms with Gasteiger partial charge in [0, 0.05) is 63.3 Å². The summed E-state index contributed by atoms with van der Waals surface area (Å²) in [5, 5.41) is 46.2. The number of aromatic nitrogens is 4. The molecule has 15 rings (SSSR count). The van der Waals surface area contributed by atoms with Crippen LogP contribution in [-0.4, -0.2) is 18.3 Å². The van der Waals surface area contributed by atoms with Crippen molar-refractivity contribution >= 4 is 119 Å². The molecule has 0 unspecified atom stereocenters. The second-order valence-corrected chi connectivity index (χ2v) is 19.1. The summed E-state index contributed by atoms with van der Waals surface area (Å²) in [7, 11) is 0. The average molecular weight is 920 g/mol. The minimum Gasteiger partial charge on any atom is -0.306 e. The summed E-state index contributed by atoms with van der Waals surface area (Å²) in [4.78, 5) is 0. The first-order valence-corrected chi connectivity index (χ1v) is 24.3. The fourth-order valence-corrected chi connectivity index (χ4v) is 13.1. The first-order valence-electron chi connectivity index (χ1n) is 23.5. The zero-order valence-electron chi connectivity index (χ0n) is 37.6. The highest BCUT2D eigenvalue weighted by molar-refractivity contribution is 7.26. The van der Waals surface area contributed by atoms with Gasteiger partial charge in [0.1, 0.15) is 23.3 Å². The third-order valence-corrected chi connectivity index (χ3v) is 15.9. The maximum Gasteiger partial charge on any atom is 0.104 e. The molecule has 0 atom stereocenters. The van der Waals surface area contributed by atoms with E-state index < -0.39 is 0 Å². The highest BCUT2D eigenvalue weighted by atomic mass is 32.1. The summed E-state index contributed by atoms with van der Waals surface area (Å²) in [6.45, 7) is 0. The van der Waals surface area contributed by atoms with Crippen LogP contribution in [0.25, 0.3) is 130 Å². The van der Waals surface area contributed by atoms with E-state index in [1.807, 2.05) is 66.7 Å². The molecular weight excluding hydrogens is 887 g/mol. The van der Waals surface area contributed by atoms with Gasteiger partial charge in [0.05, 0.1) is 78.5 Å². The van der Waals surface area contributed by atoms with Gasteiger partial charge in [0.2, 0.25) is 0 Å². The summed E-state index contributed by atoms with van der Waals surface area (Å²) >= 11 is 1.75. The predicted octanol–water partition coefficient (Wildman–Crippen LogP) is 16.1. The number of para-hydroxylation sites is 6. The Balaban J connectivity index is 1.28. The smallest absolute Gasteiger partial charge is 0.104 e. The Labute approximate surface area is 408 Å². The van der Waals surface area contributed by atoms with Gasteiger partial charge in [-0.1, -0.05) is 140 Å². The van der Waals surface area contributed by atoms with E-state index in [-0.39, 0.29) is 0 Å². The van der Waals surface area contributed by atoms with Crippen LogP contribution in [0.2, 0.25) is 0 Å². The van der Waals surface area contributed by atoms with E-state index in [2.05, 4.69) is 170 Å². The SMILES string of the molecule is N#Cc1ccc2c3c4sc5ccccc5c4ccc3n(-c3c(C#N)c(-n4c5ccccc5c5ccccc54)c(-n4c5ccccc5c5ccccc54)c(C#N)c3-n3c4ccccc4c4ccccc43)c2c1. The zero-order valence-corrected chi connectivity index (χ0v) is 38.4. The molecule has 10 aromatic carbocycles. The maximum atomic E-state index is 12.6. The lowest BCUT2D eigenvalue weighted by molar-refractivity contribution is 1.02. The van der Waals surface area contributed by atoms with E-state index in [1.165, 1.54) is 10.1 Å². The third kappa shape index (κ3) is 5.12. The lowest BCUT2D eigenvalue weighted by Gasteiger charge is -2.27. The van der Waals surface area contributed by atoms with Crippen LogP contribution in [0.4, 0.5) is 0 Å². The highest BCUT2D eigenvalue weighted by Gasteiger charge is 2.35. The first-order chi connectivity index (χ1) is 35.2. The van der Waals surface area contributed by atoms with Crippen LogP contribution in [0.5, 0.6) is 0 Å². The molecule has 5 heterocycles. The second-order valence-electron chi connectivity index (χ2n) is 18.1. The lowest BCUT2D eigenvalue weighted by atomic mass is 9.98. The largest absolute Gasteiger partial charge is 0.306 e. The molecule has 0 bridgehead atoms. The topological polar surface area (TPSA) is 91.1 Å². The van der Waals surface area contributed by atoms with Crippen molar-refractivity contribution in [2.75, 3.05) is 0 Å². The quantitative estimate of drug-likeness (QED) is 0.176. The van der Waals surface area contributed by atoms with Gasteiger partial charge >= 0.3 is 0 Å². The standard InChI is InChI=1S/C63H33N7S/c64-34-37-29-30-46-56(33-37)70(55-32-31-45-44-21-7-14-28-57(44)71-63(45)58(46)55)62-48(36-66)60(68-51-24-10-3-17-40(51)41-18-4-11-25-52(41)68)59(67-49-22-8-1-15-38(49)39-16-2-9-23-50(39)67)47(35-65)61(62)69-53-26-12-5-19-42(53)43-20-6-13-27-54(43)69/h1-33H. The molecule has 8 heteroatoms. The van der Waals surface area contributed by atoms with Gasteiger partial charge in [-0.3, -0.25) is 0 Å². The van der Waals surface area contributed by atoms with Gasteiger partial charge in [-0.2, -0.15) is 15.8 Å². The van der Waals surface area contributed by atoms with Gasteiger partial charge in [0.25, 0.3) is 0 Å². The fourth-order valence-electron chi connectivity index (χ4n) is 11.9. The number of thiophene rings is 1. The Bertz CT molecular complexity index is 4830. The highest BCUT2D eigenvalue weighted by Crippen LogP contribution is 2.50. The number of hydrogen-bond donors (Lipinski definition) is 0. The molecular formula is C63H33N7S. The summed E-state index contributed by atoms with van der Waals surface area (Å²) in [6, 6.07) is 76.9. The minimum absolute atomic E-state index is 0.363. The van der Waals surface area contributed by atoms with Crippen LogP contribution >= 0.6 is 11.3 Å². The number of nitrogens with zero attached hydrogens (tertiary/aromatic N) is 7. The van der Waals surface area contributed by atoms with Crippen molar-refractivity contribution in [2.45, 2.75) is 0 Å². The molecule has 0 aliphatic carbocycles. The number of fused-ring (bicyclic) bond motifs is 16. The van der Waals surface area contributed by atoms with Crippen LogP contribution in [0.1, 0.15) is 16.7 Å². The van der Waals surface area contributed by atoms with E-state index in [0.717, 1.165) is 97.3 Å². The molecule has 0 fully saturated rings. The molecule has 0 saturated heterocycles. The van der Waals surface area contributed by atoms with Crippen molar-refractivity contribution < 1.29 is 0 Å². The Kier molecular flexibility index (Phi) is 8.02. The summed E-state index contributed by atoms with van der Waals surface area (Å²) in [5.74, 6) is 0. The number of benzene rings is 10. The van der Waals surface area contributed by atoms with E-state index in [4.69, 9.17) is 0 Å². The van der Waals surface area contributed by atoms with Crippen molar-refractivity contribution in [3.63, 3.8) is 0 Å². The zero-order chi connectivity index (χ0) is 47.1. The second kappa shape index (κ2) is 14.5.